The van der Waals surface area contributed by atoms with Crippen molar-refractivity contribution in [3.8, 4) is 0 Å². The van der Waals surface area contributed by atoms with Crippen molar-refractivity contribution in [3.05, 3.63) is 64.9 Å². The Labute approximate surface area is 164 Å². The molecule has 2 N–H and O–H groups in total. The van der Waals surface area contributed by atoms with Crippen LogP contribution in [0.2, 0.25) is 5.02 Å². The number of hydrogen-bond acceptors (Lipinski definition) is 2. The second kappa shape index (κ2) is 9.02. The Morgan fingerprint density at radius 1 is 1.22 bits per heavy atom. The average Bonchev–Trinajstić information content (AvgIpc) is 2.68. The molecule has 1 aliphatic rings. The molecule has 1 amide bonds. The summed E-state index contributed by atoms with van der Waals surface area (Å²) in [5, 5.41) is 3.50. The number of piperazine rings is 1. The molecule has 0 atom stereocenters. The van der Waals surface area contributed by atoms with E-state index in [4.69, 9.17) is 11.6 Å². The fraction of sp³-hybridized carbons (Fsp3) is 0.286. The van der Waals surface area contributed by atoms with Gasteiger partial charge >= 0.3 is 0 Å². The van der Waals surface area contributed by atoms with Gasteiger partial charge in [0, 0.05) is 11.1 Å². The minimum Gasteiger partial charge on any atom is -0.359 e. The van der Waals surface area contributed by atoms with Gasteiger partial charge in [0.15, 0.2) is 0 Å². The molecule has 1 aliphatic heterocycles. The van der Waals surface area contributed by atoms with E-state index in [0.717, 1.165) is 44.0 Å². The highest BCUT2D eigenvalue weighted by Crippen LogP contribution is 2.29. The lowest BCUT2D eigenvalue weighted by Gasteiger charge is -2.34. The van der Waals surface area contributed by atoms with Crippen molar-refractivity contribution in [2.45, 2.75) is 6.92 Å². The molecule has 0 spiro atoms. The first-order chi connectivity index (χ1) is 13.0. The number of hydrogen-bond donors (Lipinski definition) is 2. The molecule has 3 rings (SSSR count). The van der Waals surface area contributed by atoms with Crippen LogP contribution in [-0.2, 0) is 4.79 Å². The molecule has 1 saturated heterocycles. The molecule has 27 heavy (non-hydrogen) atoms. The van der Waals surface area contributed by atoms with Gasteiger partial charge in [0.25, 0.3) is 0 Å². The molecular weight excluding hydrogens is 365 g/mol. The van der Waals surface area contributed by atoms with E-state index in [1.807, 2.05) is 12.1 Å². The number of likely N-dealkylation sites (N-methyl/N-ethyl adjacent to an activating group) is 1. The normalized spacial score (nSPS) is 15.3. The summed E-state index contributed by atoms with van der Waals surface area (Å²) >= 11 is 6.15. The van der Waals surface area contributed by atoms with Crippen molar-refractivity contribution in [3.63, 3.8) is 0 Å². The van der Waals surface area contributed by atoms with Crippen LogP contribution in [0.5, 0.6) is 0 Å². The topological polar surface area (TPSA) is 36.8 Å². The van der Waals surface area contributed by atoms with E-state index < -0.39 is 0 Å². The van der Waals surface area contributed by atoms with Crippen LogP contribution in [0, 0.1) is 5.82 Å². The molecule has 1 heterocycles. The number of carbonyl (C=O) groups excluding carboxylic acids is 1. The van der Waals surface area contributed by atoms with Gasteiger partial charge in [0.2, 0.25) is 5.91 Å². The Kier molecular flexibility index (Phi) is 6.48. The molecule has 2 aromatic carbocycles. The van der Waals surface area contributed by atoms with Gasteiger partial charge < -0.3 is 15.1 Å². The first-order valence-corrected chi connectivity index (χ1v) is 9.55. The van der Waals surface area contributed by atoms with Gasteiger partial charge in [-0.25, -0.2) is 4.39 Å². The zero-order chi connectivity index (χ0) is 19.2. The quantitative estimate of drug-likeness (QED) is 0.773. The third kappa shape index (κ3) is 5.31. The number of quaternary nitrogens is 1. The smallest absolute Gasteiger partial charge is 0.248 e. The maximum atomic E-state index is 13.0. The zero-order valence-electron chi connectivity index (χ0n) is 15.3. The molecule has 1 fully saturated rings. The summed E-state index contributed by atoms with van der Waals surface area (Å²) in [5.74, 6) is -0.550. The number of halogens is 2. The van der Waals surface area contributed by atoms with Crippen molar-refractivity contribution < 1.29 is 14.1 Å². The monoisotopic (exact) mass is 388 g/mol. The highest BCUT2D eigenvalue weighted by Gasteiger charge is 2.21. The molecule has 0 aliphatic carbocycles. The van der Waals surface area contributed by atoms with E-state index in [0.29, 0.717) is 10.7 Å². The van der Waals surface area contributed by atoms with Crippen molar-refractivity contribution in [1.82, 2.24) is 0 Å². The summed E-state index contributed by atoms with van der Waals surface area (Å²) in [7, 11) is 0. The molecular formula is C21H24ClFN3O+. The van der Waals surface area contributed by atoms with Crippen LogP contribution in [0.1, 0.15) is 12.5 Å². The van der Waals surface area contributed by atoms with E-state index in [1.165, 1.54) is 18.2 Å². The first-order valence-electron chi connectivity index (χ1n) is 9.18. The van der Waals surface area contributed by atoms with E-state index >= 15 is 0 Å². The molecule has 2 aromatic rings. The maximum absolute atomic E-state index is 13.0. The van der Waals surface area contributed by atoms with Crippen LogP contribution >= 0.6 is 11.6 Å². The second-order valence-electron chi connectivity index (χ2n) is 6.63. The van der Waals surface area contributed by atoms with Gasteiger partial charge in [-0.05, 0) is 48.9 Å². The predicted octanol–water partition coefficient (Wildman–Crippen LogP) is 2.86. The van der Waals surface area contributed by atoms with Gasteiger partial charge in [-0.2, -0.15) is 0 Å². The van der Waals surface area contributed by atoms with Crippen molar-refractivity contribution >= 4 is 35.0 Å². The Balaban J connectivity index is 1.71. The van der Waals surface area contributed by atoms with Crippen LogP contribution in [0.15, 0.2) is 48.5 Å². The minimum atomic E-state index is -0.301. The second-order valence-corrected chi connectivity index (χ2v) is 7.06. The molecule has 6 heteroatoms. The minimum absolute atomic E-state index is 0.249. The maximum Gasteiger partial charge on any atom is 0.248 e. The van der Waals surface area contributed by atoms with E-state index in [-0.39, 0.29) is 11.7 Å². The molecule has 0 saturated carbocycles. The summed E-state index contributed by atoms with van der Waals surface area (Å²) in [6, 6.07) is 11.6. The Bertz CT molecular complexity index is 815. The van der Waals surface area contributed by atoms with Gasteiger partial charge in [0.05, 0.1) is 44.1 Å². The average molecular weight is 389 g/mol. The summed E-state index contributed by atoms with van der Waals surface area (Å²) in [6.07, 6.45) is 3.10. The van der Waals surface area contributed by atoms with Crippen molar-refractivity contribution in [2.75, 3.05) is 42.9 Å². The summed E-state index contributed by atoms with van der Waals surface area (Å²) in [5.41, 5.74) is 2.45. The number of rotatable bonds is 5. The first kappa shape index (κ1) is 19.4. The lowest BCUT2D eigenvalue weighted by Crippen LogP contribution is -3.14. The van der Waals surface area contributed by atoms with Gasteiger partial charge in [-0.15, -0.1) is 0 Å². The SMILES string of the molecule is CC[NH+]1CCN(c2ccc(Cl)cc2NC(=O)/C=C/c2ccc(F)cc2)CC1. The number of nitrogens with zero attached hydrogens (tertiary/aromatic N) is 1. The number of anilines is 2. The fourth-order valence-corrected chi connectivity index (χ4v) is 3.39. The molecule has 0 radical (unpaired) electrons. The zero-order valence-corrected chi connectivity index (χ0v) is 16.1. The number of amides is 1. The molecule has 0 unspecified atom stereocenters. The summed E-state index contributed by atoms with van der Waals surface area (Å²) in [6.45, 7) is 7.38. The molecule has 0 bridgehead atoms. The molecule has 4 nitrogen and oxygen atoms in total. The number of carbonyl (C=O) groups is 1. The fourth-order valence-electron chi connectivity index (χ4n) is 3.22. The van der Waals surface area contributed by atoms with E-state index in [2.05, 4.69) is 17.1 Å². The van der Waals surface area contributed by atoms with Crippen molar-refractivity contribution in [1.29, 1.82) is 0 Å². The van der Waals surface area contributed by atoms with Gasteiger partial charge in [0.1, 0.15) is 5.82 Å². The van der Waals surface area contributed by atoms with Crippen LogP contribution < -0.4 is 15.1 Å². The van der Waals surface area contributed by atoms with E-state index in [9.17, 15) is 9.18 Å². The van der Waals surface area contributed by atoms with Gasteiger partial charge in [-0.1, -0.05) is 23.7 Å². The highest BCUT2D eigenvalue weighted by atomic mass is 35.5. The highest BCUT2D eigenvalue weighted by molar-refractivity contribution is 6.31. The van der Waals surface area contributed by atoms with Crippen LogP contribution in [-0.4, -0.2) is 38.6 Å². The Morgan fingerprint density at radius 2 is 1.93 bits per heavy atom. The summed E-state index contributed by atoms with van der Waals surface area (Å²) < 4.78 is 13.0. The van der Waals surface area contributed by atoms with Crippen LogP contribution in [0.3, 0.4) is 0 Å². The van der Waals surface area contributed by atoms with Crippen molar-refractivity contribution in [2.24, 2.45) is 0 Å². The van der Waals surface area contributed by atoms with Crippen LogP contribution in [0.25, 0.3) is 6.08 Å². The third-order valence-corrected chi connectivity index (χ3v) is 5.06. The lowest BCUT2D eigenvalue weighted by atomic mass is 10.2. The third-order valence-electron chi connectivity index (χ3n) is 4.82. The number of benzene rings is 2. The standard InChI is InChI=1S/C21H23ClFN3O/c1-2-25-11-13-26(14-12-25)20-9-6-17(22)15-19(20)24-21(27)10-5-16-3-7-18(23)8-4-16/h3-10,15H,2,11-14H2,1H3,(H,24,27)/p+1/b10-5+. The molecule has 142 valence electrons. The molecule has 0 aromatic heterocycles. The Hall–Kier alpha value is -2.37. The van der Waals surface area contributed by atoms with E-state index in [1.54, 1.807) is 29.2 Å². The lowest BCUT2D eigenvalue weighted by molar-refractivity contribution is -0.898. The van der Waals surface area contributed by atoms with Gasteiger partial charge in [-0.3, -0.25) is 4.79 Å². The van der Waals surface area contributed by atoms with Crippen LogP contribution in [0.4, 0.5) is 15.8 Å². The summed E-state index contributed by atoms with van der Waals surface area (Å²) in [4.78, 5) is 16.2. The Morgan fingerprint density at radius 3 is 2.59 bits per heavy atom. The number of nitrogens with one attached hydrogen (secondary N) is 2. The predicted molar refractivity (Wildman–Crippen MR) is 109 cm³/mol. The largest absolute Gasteiger partial charge is 0.359 e.